The van der Waals surface area contributed by atoms with E-state index < -0.39 is 0 Å². The molecule has 3 heteroatoms. The molecule has 1 atom stereocenters. The molecule has 1 aliphatic heterocycles. The molecule has 0 N–H and O–H groups in total. The van der Waals surface area contributed by atoms with Gasteiger partial charge in [0.05, 0.1) is 23.9 Å². The van der Waals surface area contributed by atoms with Gasteiger partial charge in [-0.3, -0.25) is 4.98 Å². The summed E-state index contributed by atoms with van der Waals surface area (Å²) in [5, 5.41) is 8.86. The molecule has 0 saturated carbocycles. The Morgan fingerprint density at radius 1 is 1.57 bits per heavy atom. The average molecular weight is 187 g/mol. The first kappa shape index (κ1) is 9.01. The van der Waals surface area contributed by atoms with Gasteiger partial charge in [0.15, 0.2) is 0 Å². The van der Waals surface area contributed by atoms with Crippen molar-refractivity contribution < 1.29 is 0 Å². The highest BCUT2D eigenvalue weighted by Gasteiger charge is 2.19. The number of aromatic nitrogens is 1. The third-order valence-corrected chi connectivity index (χ3v) is 2.62. The minimum Gasteiger partial charge on any atom is -0.369 e. The molecular formula is C11H13N3. The molecule has 72 valence electrons. The van der Waals surface area contributed by atoms with Crippen LogP contribution in [0.5, 0.6) is 0 Å². The van der Waals surface area contributed by atoms with Crippen LogP contribution in [0.15, 0.2) is 24.5 Å². The first-order chi connectivity index (χ1) is 6.90. The maximum Gasteiger partial charge on any atom is 0.0674 e. The molecule has 1 aliphatic rings. The van der Waals surface area contributed by atoms with Gasteiger partial charge >= 0.3 is 0 Å². The van der Waals surface area contributed by atoms with Crippen LogP contribution in [0.3, 0.4) is 0 Å². The summed E-state index contributed by atoms with van der Waals surface area (Å²) >= 11 is 0. The Kier molecular flexibility index (Phi) is 2.64. The van der Waals surface area contributed by atoms with E-state index in [1.165, 1.54) is 0 Å². The highest BCUT2D eigenvalue weighted by Crippen LogP contribution is 2.21. The molecule has 0 aromatic carbocycles. The van der Waals surface area contributed by atoms with E-state index in [9.17, 15) is 0 Å². The zero-order valence-electron chi connectivity index (χ0n) is 8.06. The first-order valence-electron chi connectivity index (χ1n) is 4.95. The van der Waals surface area contributed by atoms with E-state index >= 15 is 0 Å². The Hall–Kier alpha value is -1.56. The van der Waals surface area contributed by atoms with E-state index in [2.05, 4.69) is 16.0 Å². The second-order valence-electron chi connectivity index (χ2n) is 3.63. The number of anilines is 1. The van der Waals surface area contributed by atoms with E-state index in [0.717, 1.165) is 31.6 Å². The Morgan fingerprint density at radius 2 is 2.50 bits per heavy atom. The van der Waals surface area contributed by atoms with E-state index in [-0.39, 0.29) is 5.92 Å². The minimum atomic E-state index is 0.184. The average Bonchev–Trinajstić information content (AvgIpc) is 2.30. The highest BCUT2D eigenvalue weighted by molar-refractivity contribution is 5.44. The lowest BCUT2D eigenvalue weighted by atomic mass is 9.99. The lowest BCUT2D eigenvalue weighted by molar-refractivity contribution is 0.493. The van der Waals surface area contributed by atoms with Crippen molar-refractivity contribution in [3.8, 4) is 6.07 Å². The summed E-state index contributed by atoms with van der Waals surface area (Å²) < 4.78 is 0. The quantitative estimate of drug-likeness (QED) is 0.673. The maximum absolute atomic E-state index is 8.86. The van der Waals surface area contributed by atoms with Crippen LogP contribution in [0, 0.1) is 17.2 Å². The summed E-state index contributed by atoms with van der Waals surface area (Å²) in [6.07, 6.45) is 5.77. The summed E-state index contributed by atoms with van der Waals surface area (Å²) in [6.45, 7) is 1.89. The van der Waals surface area contributed by atoms with Gasteiger partial charge in [-0.1, -0.05) is 0 Å². The molecule has 0 radical (unpaired) electrons. The minimum absolute atomic E-state index is 0.184. The van der Waals surface area contributed by atoms with E-state index in [4.69, 9.17) is 5.26 Å². The molecule has 0 unspecified atom stereocenters. The predicted molar refractivity (Wildman–Crippen MR) is 54.8 cm³/mol. The van der Waals surface area contributed by atoms with Crippen molar-refractivity contribution in [2.75, 3.05) is 18.0 Å². The molecule has 1 fully saturated rings. The number of hydrogen-bond acceptors (Lipinski definition) is 3. The van der Waals surface area contributed by atoms with E-state index in [0.29, 0.717) is 0 Å². The monoisotopic (exact) mass is 187 g/mol. The highest BCUT2D eigenvalue weighted by atomic mass is 15.1. The number of nitriles is 1. The van der Waals surface area contributed by atoms with Crippen molar-refractivity contribution in [1.82, 2.24) is 4.98 Å². The van der Waals surface area contributed by atoms with Gasteiger partial charge in [0.25, 0.3) is 0 Å². The van der Waals surface area contributed by atoms with Gasteiger partial charge in [-0.05, 0) is 25.0 Å². The molecule has 14 heavy (non-hydrogen) atoms. The van der Waals surface area contributed by atoms with Crippen molar-refractivity contribution >= 4 is 5.69 Å². The van der Waals surface area contributed by atoms with Crippen LogP contribution in [-0.2, 0) is 0 Å². The smallest absolute Gasteiger partial charge is 0.0674 e. The third-order valence-electron chi connectivity index (χ3n) is 2.62. The van der Waals surface area contributed by atoms with Gasteiger partial charge in [0, 0.05) is 19.3 Å². The normalized spacial score (nSPS) is 21.6. The van der Waals surface area contributed by atoms with Crippen molar-refractivity contribution in [2.24, 2.45) is 5.92 Å². The van der Waals surface area contributed by atoms with Crippen molar-refractivity contribution in [3.63, 3.8) is 0 Å². The van der Waals surface area contributed by atoms with Crippen LogP contribution >= 0.6 is 0 Å². The fourth-order valence-electron chi connectivity index (χ4n) is 1.86. The van der Waals surface area contributed by atoms with Crippen LogP contribution in [-0.4, -0.2) is 18.1 Å². The summed E-state index contributed by atoms with van der Waals surface area (Å²) in [7, 11) is 0. The lowest BCUT2D eigenvalue weighted by Crippen LogP contribution is -2.34. The lowest BCUT2D eigenvalue weighted by Gasteiger charge is -2.31. The SMILES string of the molecule is N#C[C@H]1CCCN(c2cccnc2)C1. The second kappa shape index (κ2) is 4.10. The third kappa shape index (κ3) is 1.85. The van der Waals surface area contributed by atoms with E-state index in [1.807, 2.05) is 18.3 Å². The predicted octanol–water partition coefficient (Wildman–Crippen LogP) is 1.82. The molecule has 2 heterocycles. The van der Waals surface area contributed by atoms with Gasteiger partial charge in [0.2, 0.25) is 0 Å². The largest absolute Gasteiger partial charge is 0.369 e. The Labute approximate surface area is 84.0 Å². The van der Waals surface area contributed by atoms with Crippen LogP contribution in [0.4, 0.5) is 5.69 Å². The molecule has 1 aromatic rings. The molecule has 0 aliphatic carbocycles. The molecule has 3 nitrogen and oxygen atoms in total. The summed E-state index contributed by atoms with van der Waals surface area (Å²) in [6, 6.07) is 6.33. The molecule has 0 amide bonds. The molecular weight excluding hydrogens is 174 g/mol. The van der Waals surface area contributed by atoms with Gasteiger partial charge < -0.3 is 4.90 Å². The van der Waals surface area contributed by atoms with Gasteiger partial charge in [0.1, 0.15) is 0 Å². The van der Waals surface area contributed by atoms with Gasteiger partial charge in [-0.2, -0.15) is 5.26 Å². The Bertz CT molecular complexity index is 328. The zero-order valence-corrected chi connectivity index (χ0v) is 8.06. The zero-order chi connectivity index (χ0) is 9.80. The standard InChI is InChI=1S/C11H13N3/c12-7-10-3-2-6-14(9-10)11-4-1-5-13-8-11/h1,4-5,8,10H,2-3,6,9H2/t10-/m1/s1. The Morgan fingerprint density at radius 3 is 3.21 bits per heavy atom. The van der Waals surface area contributed by atoms with Crippen molar-refractivity contribution in [1.29, 1.82) is 5.26 Å². The topological polar surface area (TPSA) is 39.9 Å². The summed E-state index contributed by atoms with van der Waals surface area (Å²) in [5.74, 6) is 0.184. The van der Waals surface area contributed by atoms with Gasteiger partial charge in [-0.15, -0.1) is 0 Å². The van der Waals surface area contributed by atoms with Crippen molar-refractivity contribution in [2.45, 2.75) is 12.8 Å². The summed E-state index contributed by atoms with van der Waals surface area (Å²) in [5.41, 5.74) is 1.13. The fraction of sp³-hybridized carbons (Fsp3) is 0.455. The van der Waals surface area contributed by atoms with Crippen LogP contribution < -0.4 is 4.90 Å². The Balaban J connectivity index is 2.09. The van der Waals surface area contributed by atoms with E-state index in [1.54, 1.807) is 6.20 Å². The maximum atomic E-state index is 8.86. The number of hydrogen-bond donors (Lipinski definition) is 0. The summed E-state index contributed by atoms with van der Waals surface area (Å²) in [4.78, 5) is 6.33. The van der Waals surface area contributed by atoms with Crippen LogP contribution in [0.1, 0.15) is 12.8 Å². The second-order valence-corrected chi connectivity index (χ2v) is 3.63. The molecule has 1 aromatic heterocycles. The fourth-order valence-corrected chi connectivity index (χ4v) is 1.86. The van der Waals surface area contributed by atoms with Crippen LogP contribution in [0.25, 0.3) is 0 Å². The first-order valence-corrected chi connectivity index (χ1v) is 4.95. The van der Waals surface area contributed by atoms with Gasteiger partial charge in [-0.25, -0.2) is 0 Å². The molecule has 0 spiro atoms. The van der Waals surface area contributed by atoms with Crippen molar-refractivity contribution in [3.05, 3.63) is 24.5 Å². The number of piperidine rings is 1. The number of rotatable bonds is 1. The molecule has 2 rings (SSSR count). The molecule has 0 bridgehead atoms. The van der Waals surface area contributed by atoms with Crippen LogP contribution in [0.2, 0.25) is 0 Å². The number of pyridine rings is 1. The number of nitrogens with zero attached hydrogens (tertiary/aromatic N) is 3. The molecule has 1 saturated heterocycles.